The van der Waals surface area contributed by atoms with Gasteiger partial charge in [0.1, 0.15) is 5.69 Å². The standard InChI is InChI=1S/C15H19ClN2O2/c1-3-15(20,4-2)9-17-14(19)13-8-10-7-11(16)5-6-12(10)18-13/h5-8,18,20H,3-4,9H2,1-2H3,(H,17,19). The zero-order valence-electron chi connectivity index (χ0n) is 11.7. The Labute approximate surface area is 123 Å². The van der Waals surface area contributed by atoms with Gasteiger partial charge in [0, 0.05) is 22.5 Å². The minimum atomic E-state index is -0.842. The van der Waals surface area contributed by atoms with E-state index >= 15 is 0 Å². The van der Waals surface area contributed by atoms with Crippen LogP contribution in [0, 0.1) is 0 Å². The second-order valence-electron chi connectivity index (χ2n) is 5.03. The minimum Gasteiger partial charge on any atom is -0.388 e. The molecule has 0 atom stereocenters. The summed E-state index contributed by atoms with van der Waals surface area (Å²) in [5, 5.41) is 14.4. The van der Waals surface area contributed by atoms with Crippen molar-refractivity contribution in [2.45, 2.75) is 32.3 Å². The summed E-state index contributed by atoms with van der Waals surface area (Å²) >= 11 is 5.92. The lowest BCUT2D eigenvalue weighted by Gasteiger charge is -2.25. The van der Waals surface area contributed by atoms with Gasteiger partial charge in [0.25, 0.3) is 5.91 Å². The predicted molar refractivity (Wildman–Crippen MR) is 81.2 cm³/mol. The molecule has 1 heterocycles. The quantitative estimate of drug-likeness (QED) is 0.793. The van der Waals surface area contributed by atoms with Gasteiger partial charge in [-0.2, -0.15) is 0 Å². The Bertz CT molecular complexity index is 617. The molecule has 1 amide bonds. The maximum Gasteiger partial charge on any atom is 0.267 e. The van der Waals surface area contributed by atoms with Gasteiger partial charge in [0.15, 0.2) is 0 Å². The molecule has 1 aromatic carbocycles. The molecule has 5 heteroatoms. The number of benzene rings is 1. The van der Waals surface area contributed by atoms with Crippen LogP contribution in [0.2, 0.25) is 5.02 Å². The molecule has 3 N–H and O–H groups in total. The lowest BCUT2D eigenvalue weighted by Crippen LogP contribution is -2.42. The summed E-state index contributed by atoms with van der Waals surface area (Å²) < 4.78 is 0. The molecule has 0 aliphatic rings. The van der Waals surface area contributed by atoms with Crippen LogP contribution in [0.15, 0.2) is 24.3 Å². The topological polar surface area (TPSA) is 65.1 Å². The lowest BCUT2D eigenvalue weighted by molar-refractivity contribution is 0.0313. The van der Waals surface area contributed by atoms with E-state index in [1.165, 1.54) is 0 Å². The average Bonchev–Trinajstić information content (AvgIpc) is 2.87. The van der Waals surface area contributed by atoms with Gasteiger partial charge < -0.3 is 15.4 Å². The predicted octanol–water partition coefficient (Wildman–Crippen LogP) is 3.10. The summed E-state index contributed by atoms with van der Waals surface area (Å²) in [6, 6.07) is 7.17. The van der Waals surface area contributed by atoms with Crippen molar-refractivity contribution in [3.05, 3.63) is 35.0 Å². The van der Waals surface area contributed by atoms with Gasteiger partial charge in [0.2, 0.25) is 0 Å². The Balaban J connectivity index is 2.11. The summed E-state index contributed by atoms with van der Waals surface area (Å²) in [7, 11) is 0. The van der Waals surface area contributed by atoms with Crippen molar-refractivity contribution < 1.29 is 9.90 Å². The van der Waals surface area contributed by atoms with Crippen molar-refractivity contribution in [2.75, 3.05) is 6.54 Å². The van der Waals surface area contributed by atoms with Crippen molar-refractivity contribution in [2.24, 2.45) is 0 Å². The molecule has 0 spiro atoms. The summed E-state index contributed by atoms with van der Waals surface area (Å²) in [5.41, 5.74) is 0.489. The molecule has 0 bridgehead atoms. The second kappa shape index (κ2) is 5.85. The number of fused-ring (bicyclic) bond motifs is 1. The highest BCUT2D eigenvalue weighted by atomic mass is 35.5. The summed E-state index contributed by atoms with van der Waals surface area (Å²) in [4.78, 5) is 15.1. The van der Waals surface area contributed by atoms with Gasteiger partial charge in [-0.05, 0) is 37.1 Å². The number of aromatic amines is 1. The van der Waals surface area contributed by atoms with Crippen LogP contribution in [0.5, 0.6) is 0 Å². The highest BCUT2D eigenvalue weighted by Gasteiger charge is 2.23. The number of hydrogen-bond acceptors (Lipinski definition) is 2. The van der Waals surface area contributed by atoms with Gasteiger partial charge in [-0.25, -0.2) is 0 Å². The van der Waals surface area contributed by atoms with Crippen LogP contribution in [-0.2, 0) is 0 Å². The third-order valence-corrected chi connectivity index (χ3v) is 3.96. The van der Waals surface area contributed by atoms with E-state index in [4.69, 9.17) is 11.6 Å². The van der Waals surface area contributed by atoms with E-state index < -0.39 is 5.60 Å². The number of carbonyl (C=O) groups is 1. The molecule has 0 radical (unpaired) electrons. The largest absolute Gasteiger partial charge is 0.388 e. The fraction of sp³-hybridized carbons (Fsp3) is 0.400. The number of aliphatic hydroxyl groups is 1. The Kier molecular flexibility index (Phi) is 4.35. The van der Waals surface area contributed by atoms with E-state index in [9.17, 15) is 9.90 Å². The van der Waals surface area contributed by atoms with E-state index in [-0.39, 0.29) is 12.5 Å². The van der Waals surface area contributed by atoms with Crippen LogP contribution in [0.25, 0.3) is 10.9 Å². The molecule has 4 nitrogen and oxygen atoms in total. The maximum absolute atomic E-state index is 12.1. The lowest BCUT2D eigenvalue weighted by atomic mass is 9.97. The first-order valence-electron chi connectivity index (χ1n) is 6.76. The summed E-state index contributed by atoms with van der Waals surface area (Å²) in [5.74, 6) is -0.224. The first kappa shape index (κ1) is 14.9. The molecule has 0 aliphatic heterocycles. The molecular formula is C15H19ClN2O2. The first-order valence-corrected chi connectivity index (χ1v) is 7.14. The van der Waals surface area contributed by atoms with Crippen molar-refractivity contribution in [1.29, 1.82) is 0 Å². The van der Waals surface area contributed by atoms with Gasteiger partial charge in [-0.15, -0.1) is 0 Å². The Morgan fingerprint density at radius 2 is 2.05 bits per heavy atom. The van der Waals surface area contributed by atoms with Gasteiger partial charge in [-0.1, -0.05) is 25.4 Å². The number of hydrogen-bond donors (Lipinski definition) is 3. The highest BCUT2D eigenvalue weighted by Crippen LogP contribution is 2.20. The molecule has 0 aliphatic carbocycles. The van der Waals surface area contributed by atoms with E-state index in [0.717, 1.165) is 10.9 Å². The number of amides is 1. The van der Waals surface area contributed by atoms with Gasteiger partial charge in [-0.3, -0.25) is 4.79 Å². The third kappa shape index (κ3) is 3.14. The summed E-state index contributed by atoms with van der Waals surface area (Å²) in [6.45, 7) is 4.05. The molecule has 0 unspecified atom stereocenters. The fourth-order valence-electron chi connectivity index (χ4n) is 2.07. The van der Waals surface area contributed by atoms with Crippen LogP contribution in [0.3, 0.4) is 0 Å². The SMILES string of the molecule is CCC(O)(CC)CNC(=O)c1cc2cc(Cl)ccc2[nH]1. The number of halogens is 1. The smallest absolute Gasteiger partial charge is 0.267 e. The van der Waals surface area contributed by atoms with E-state index in [1.54, 1.807) is 18.2 Å². The molecule has 0 saturated heterocycles. The summed E-state index contributed by atoms with van der Waals surface area (Å²) in [6.07, 6.45) is 1.21. The Morgan fingerprint density at radius 1 is 1.35 bits per heavy atom. The number of aromatic nitrogens is 1. The second-order valence-corrected chi connectivity index (χ2v) is 5.47. The molecule has 2 aromatic rings. The molecular weight excluding hydrogens is 276 g/mol. The average molecular weight is 295 g/mol. The maximum atomic E-state index is 12.1. The normalized spacial score (nSPS) is 11.8. The van der Waals surface area contributed by atoms with Crippen LogP contribution < -0.4 is 5.32 Å². The van der Waals surface area contributed by atoms with E-state index in [0.29, 0.717) is 23.6 Å². The Morgan fingerprint density at radius 3 is 2.70 bits per heavy atom. The monoisotopic (exact) mass is 294 g/mol. The van der Waals surface area contributed by atoms with Crippen LogP contribution in [-0.4, -0.2) is 28.1 Å². The van der Waals surface area contributed by atoms with Crippen LogP contribution in [0.4, 0.5) is 0 Å². The molecule has 20 heavy (non-hydrogen) atoms. The molecule has 1 aromatic heterocycles. The fourth-order valence-corrected chi connectivity index (χ4v) is 2.25. The molecule has 0 fully saturated rings. The Hall–Kier alpha value is -1.52. The van der Waals surface area contributed by atoms with Crippen molar-refractivity contribution in [3.63, 3.8) is 0 Å². The third-order valence-electron chi connectivity index (χ3n) is 3.72. The van der Waals surface area contributed by atoms with Crippen molar-refractivity contribution >= 4 is 28.4 Å². The van der Waals surface area contributed by atoms with Crippen molar-refractivity contribution in [1.82, 2.24) is 10.3 Å². The van der Waals surface area contributed by atoms with E-state index in [1.807, 2.05) is 19.9 Å². The zero-order valence-corrected chi connectivity index (χ0v) is 12.4. The number of carbonyl (C=O) groups excluding carboxylic acids is 1. The number of H-pyrrole nitrogens is 1. The zero-order chi connectivity index (χ0) is 14.8. The highest BCUT2D eigenvalue weighted by molar-refractivity contribution is 6.31. The molecule has 108 valence electrons. The number of nitrogens with one attached hydrogen (secondary N) is 2. The van der Waals surface area contributed by atoms with Gasteiger partial charge in [0.05, 0.1) is 5.60 Å². The van der Waals surface area contributed by atoms with Crippen LogP contribution >= 0.6 is 11.6 Å². The van der Waals surface area contributed by atoms with Crippen LogP contribution in [0.1, 0.15) is 37.2 Å². The minimum absolute atomic E-state index is 0.224. The number of rotatable bonds is 5. The molecule has 0 saturated carbocycles. The molecule has 2 rings (SSSR count). The van der Waals surface area contributed by atoms with Gasteiger partial charge >= 0.3 is 0 Å². The van der Waals surface area contributed by atoms with E-state index in [2.05, 4.69) is 10.3 Å². The first-order chi connectivity index (χ1) is 9.47. The van der Waals surface area contributed by atoms with Crippen molar-refractivity contribution in [3.8, 4) is 0 Å².